The highest BCUT2D eigenvalue weighted by Crippen LogP contribution is 2.55. The van der Waals surface area contributed by atoms with Crippen LogP contribution in [0.3, 0.4) is 0 Å². The lowest BCUT2D eigenvalue weighted by Gasteiger charge is -2.46. The summed E-state index contributed by atoms with van der Waals surface area (Å²) in [5.41, 5.74) is 3.13. The van der Waals surface area contributed by atoms with Crippen molar-refractivity contribution in [1.82, 2.24) is 4.90 Å². The van der Waals surface area contributed by atoms with Crippen LogP contribution in [-0.2, 0) is 9.49 Å². The van der Waals surface area contributed by atoms with Crippen molar-refractivity contribution in [2.45, 2.75) is 48.5 Å². The minimum atomic E-state index is 0.0959. The topological polar surface area (TPSA) is 21.7 Å². The molecule has 3 nitrogen and oxygen atoms in total. The molecule has 1 atom stereocenters. The van der Waals surface area contributed by atoms with Gasteiger partial charge in [-0.05, 0) is 85.5 Å². The van der Waals surface area contributed by atoms with Gasteiger partial charge >= 0.3 is 0 Å². The predicted molar refractivity (Wildman–Crippen MR) is 147 cm³/mol. The van der Waals surface area contributed by atoms with Gasteiger partial charge in [-0.1, -0.05) is 43.1 Å². The number of ether oxygens (including phenoxy) is 2. The van der Waals surface area contributed by atoms with E-state index in [1.165, 1.54) is 54.7 Å². The van der Waals surface area contributed by atoms with Crippen molar-refractivity contribution in [2.75, 3.05) is 44.9 Å². The van der Waals surface area contributed by atoms with Gasteiger partial charge in [-0.15, -0.1) is 23.5 Å². The Morgan fingerprint density at radius 1 is 0.941 bits per heavy atom. The van der Waals surface area contributed by atoms with E-state index in [0.29, 0.717) is 24.5 Å². The van der Waals surface area contributed by atoms with Crippen LogP contribution in [-0.4, -0.2) is 49.8 Å². The zero-order valence-corrected chi connectivity index (χ0v) is 22.7. The van der Waals surface area contributed by atoms with E-state index in [4.69, 9.17) is 21.1 Å². The Morgan fingerprint density at radius 3 is 2.29 bits per heavy atom. The second-order valence-electron chi connectivity index (χ2n) is 10.3. The number of hydrogen-bond acceptors (Lipinski definition) is 5. The van der Waals surface area contributed by atoms with Gasteiger partial charge in [0.15, 0.2) is 11.5 Å². The molecule has 0 radical (unpaired) electrons. The number of thioether (sulfide) groups is 2. The van der Waals surface area contributed by atoms with Crippen LogP contribution in [0.5, 0.6) is 11.5 Å². The van der Waals surface area contributed by atoms with Crippen LogP contribution in [0, 0.1) is 5.92 Å². The molecule has 184 valence electrons. The van der Waals surface area contributed by atoms with E-state index >= 15 is 0 Å². The second kappa shape index (κ2) is 10.5. The second-order valence-corrected chi connectivity index (χ2v) is 13.8. The van der Waals surface area contributed by atoms with Gasteiger partial charge in [-0.25, -0.2) is 0 Å². The van der Waals surface area contributed by atoms with E-state index in [9.17, 15) is 0 Å². The third kappa shape index (κ3) is 5.23. The molecule has 0 spiro atoms. The van der Waals surface area contributed by atoms with E-state index in [0.717, 1.165) is 29.6 Å². The standard InChI is InChI=1S/C28H36ClNO2S2/c1-21(19-30(2)20-27(11-3-12-27)22-5-8-24(29)9-6-22)18-28(33-15-4-16-34-28)23-7-10-25-26(17-23)32-14-13-31-25/h5-10,17,21H,3-4,11-16,18-20H2,1-2H3. The van der Waals surface area contributed by atoms with Crippen LogP contribution in [0.1, 0.15) is 50.2 Å². The smallest absolute Gasteiger partial charge is 0.161 e. The zero-order chi connectivity index (χ0) is 23.6. The van der Waals surface area contributed by atoms with E-state index in [-0.39, 0.29) is 4.08 Å². The lowest BCUT2D eigenvalue weighted by molar-refractivity contribution is 0.146. The fourth-order valence-corrected chi connectivity index (χ4v) is 9.61. The van der Waals surface area contributed by atoms with Crippen molar-refractivity contribution >= 4 is 35.1 Å². The molecule has 2 aromatic rings. The Kier molecular flexibility index (Phi) is 7.65. The van der Waals surface area contributed by atoms with E-state index < -0.39 is 0 Å². The fourth-order valence-electron chi connectivity index (χ4n) is 5.84. The van der Waals surface area contributed by atoms with Crippen molar-refractivity contribution in [3.8, 4) is 11.5 Å². The number of rotatable bonds is 8. The summed E-state index contributed by atoms with van der Waals surface area (Å²) >= 11 is 10.4. The first-order valence-corrected chi connectivity index (χ1v) is 15.0. The normalized spacial score (nSPS) is 21.6. The molecule has 34 heavy (non-hydrogen) atoms. The fraction of sp³-hybridized carbons (Fsp3) is 0.571. The average Bonchev–Trinajstić information content (AvgIpc) is 2.82. The Labute approximate surface area is 218 Å². The number of likely N-dealkylation sites (N-methyl/N-ethyl adjacent to an activating group) is 1. The largest absolute Gasteiger partial charge is 0.486 e. The molecule has 2 fully saturated rings. The summed E-state index contributed by atoms with van der Waals surface area (Å²) in [6.07, 6.45) is 6.34. The van der Waals surface area contributed by atoms with Gasteiger partial charge in [-0.2, -0.15) is 0 Å². The molecular formula is C28H36ClNO2S2. The predicted octanol–water partition coefficient (Wildman–Crippen LogP) is 7.21. The Hall–Kier alpha value is -1.01. The van der Waals surface area contributed by atoms with Gasteiger partial charge in [-0.3, -0.25) is 0 Å². The molecule has 1 aliphatic carbocycles. The lowest BCUT2D eigenvalue weighted by Crippen LogP contribution is -2.45. The number of benzene rings is 2. The maximum Gasteiger partial charge on any atom is 0.161 e. The van der Waals surface area contributed by atoms with E-state index in [1.54, 1.807) is 0 Å². The van der Waals surface area contributed by atoms with Crippen molar-refractivity contribution < 1.29 is 9.47 Å². The van der Waals surface area contributed by atoms with Gasteiger partial charge in [0.1, 0.15) is 13.2 Å². The van der Waals surface area contributed by atoms with Crippen LogP contribution < -0.4 is 9.47 Å². The number of hydrogen-bond donors (Lipinski definition) is 0. The molecule has 0 amide bonds. The maximum atomic E-state index is 6.16. The van der Waals surface area contributed by atoms with Crippen LogP contribution in [0.15, 0.2) is 42.5 Å². The number of fused-ring (bicyclic) bond motifs is 1. The van der Waals surface area contributed by atoms with Crippen molar-refractivity contribution in [3.63, 3.8) is 0 Å². The maximum absolute atomic E-state index is 6.16. The molecular weight excluding hydrogens is 482 g/mol. The Balaban J connectivity index is 1.27. The summed E-state index contributed by atoms with van der Waals surface area (Å²) in [7, 11) is 2.31. The molecule has 0 aromatic heterocycles. The average molecular weight is 518 g/mol. The van der Waals surface area contributed by atoms with Crippen molar-refractivity contribution in [1.29, 1.82) is 0 Å². The lowest BCUT2D eigenvalue weighted by atomic mass is 9.64. The summed E-state index contributed by atoms with van der Waals surface area (Å²) < 4.78 is 11.8. The highest BCUT2D eigenvalue weighted by atomic mass is 35.5. The quantitative estimate of drug-likeness (QED) is 0.367. The molecule has 2 aromatic carbocycles. The zero-order valence-electron chi connectivity index (χ0n) is 20.4. The molecule has 2 heterocycles. The summed E-state index contributed by atoms with van der Waals surface area (Å²) in [4.78, 5) is 2.58. The highest BCUT2D eigenvalue weighted by molar-refractivity contribution is 8.18. The third-order valence-electron chi connectivity index (χ3n) is 7.52. The molecule has 1 unspecified atom stereocenters. The van der Waals surface area contributed by atoms with Gasteiger partial charge < -0.3 is 14.4 Å². The summed E-state index contributed by atoms with van der Waals surface area (Å²) in [6, 6.07) is 15.2. The molecule has 3 aliphatic rings. The minimum Gasteiger partial charge on any atom is -0.486 e. The third-order valence-corrected chi connectivity index (χ3v) is 11.2. The number of nitrogens with zero attached hydrogens (tertiary/aromatic N) is 1. The summed E-state index contributed by atoms with van der Waals surface area (Å²) in [5.74, 6) is 4.85. The van der Waals surface area contributed by atoms with E-state index in [2.05, 4.69) is 72.7 Å². The summed E-state index contributed by atoms with van der Waals surface area (Å²) in [5, 5.41) is 0.826. The number of halogens is 1. The molecule has 1 saturated heterocycles. The SMILES string of the molecule is CC(CN(C)CC1(c2ccc(Cl)cc2)CCC1)CC1(c2ccc3c(c2)OCCO3)SCCCS1. The Bertz CT molecular complexity index is 973. The molecule has 5 rings (SSSR count). The molecule has 6 heteroatoms. The summed E-state index contributed by atoms with van der Waals surface area (Å²) in [6.45, 7) is 5.95. The van der Waals surface area contributed by atoms with Crippen LogP contribution in [0.4, 0.5) is 0 Å². The van der Waals surface area contributed by atoms with Crippen LogP contribution >= 0.6 is 35.1 Å². The first-order valence-electron chi connectivity index (χ1n) is 12.6. The van der Waals surface area contributed by atoms with Crippen molar-refractivity contribution in [2.24, 2.45) is 5.92 Å². The first kappa shape index (κ1) is 24.7. The Morgan fingerprint density at radius 2 is 1.62 bits per heavy atom. The van der Waals surface area contributed by atoms with Gasteiger partial charge in [0.05, 0.1) is 4.08 Å². The van der Waals surface area contributed by atoms with Gasteiger partial charge in [0.25, 0.3) is 0 Å². The van der Waals surface area contributed by atoms with Crippen molar-refractivity contribution in [3.05, 3.63) is 58.6 Å². The van der Waals surface area contributed by atoms with Gasteiger partial charge in [0.2, 0.25) is 0 Å². The van der Waals surface area contributed by atoms with Crippen LogP contribution in [0.25, 0.3) is 0 Å². The monoisotopic (exact) mass is 517 g/mol. The van der Waals surface area contributed by atoms with E-state index in [1.807, 2.05) is 12.1 Å². The first-order chi connectivity index (χ1) is 16.5. The highest BCUT2D eigenvalue weighted by Gasteiger charge is 2.41. The molecule has 0 bridgehead atoms. The molecule has 0 N–H and O–H groups in total. The molecule has 1 saturated carbocycles. The van der Waals surface area contributed by atoms with Gasteiger partial charge in [0, 0.05) is 23.5 Å². The molecule has 2 aliphatic heterocycles. The minimum absolute atomic E-state index is 0.0959. The van der Waals surface area contributed by atoms with Crippen LogP contribution in [0.2, 0.25) is 5.02 Å².